The van der Waals surface area contributed by atoms with E-state index in [4.69, 9.17) is 78.0 Å². The third-order valence-electron chi connectivity index (χ3n) is 0.559. The molecule has 0 aromatic heterocycles. The molecule has 0 aliphatic heterocycles. The lowest BCUT2D eigenvalue weighted by Gasteiger charge is -2.01. The van der Waals surface area contributed by atoms with Crippen LogP contribution in [0.25, 0.3) is 0 Å². The molecule has 0 atom stereocenters. The quantitative estimate of drug-likeness (QED) is 0.601. The molecule has 0 saturated carbocycles. The number of hydrogen-bond acceptors (Lipinski definition) is 4. The number of halogens is 6. The molecule has 2 amide bonds. The van der Waals surface area contributed by atoms with Gasteiger partial charge in [-0.1, -0.05) is 69.6 Å². The summed E-state index contributed by atoms with van der Waals surface area (Å²) in [6.45, 7) is 0. The molecule has 0 rings (SSSR count). The fourth-order valence-electron chi connectivity index (χ4n) is 0. The van der Waals surface area contributed by atoms with Crippen molar-refractivity contribution in [2.45, 2.75) is 7.59 Å². The van der Waals surface area contributed by atoms with Crippen molar-refractivity contribution in [3.8, 4) is 0 Å². The summed E-state index contributed by atoms with van der Waals surface area (Å²) in [5.41, 5.74) is 9.07. The highest BCUT2D eigenvalue weighted by Crippen LogP contribution is 2.24. The van der Waals surface area contributed by atoms with E-state index < -0.39 is 31.0 Å². The fraction of sp³-hybridized carbons (Fsp3) is 0.500. The molecule has 0 unspecified atom stereocenters. The van der Waals surface area contributed by atoms with Crippen LogP contribution in [0.1, 0.15) is 0 Å². The monoisotopic (exact) mass is 386 g/mol. The summed E-state index contributed by atoms with van der Waals surface area (Å²) in [5, 5.41) is 0. The topological polar surface area (TPSA) is 120 Å². The van der Waals surface area contributed by atoms with Gasteiger partial charge in [-0.05, 0) is 0 Å². The van der Waals surface area contributed by atoms with Gasteiger partial charge < -0.3 is 11.5 Å². The van der Waals surface area contributed by atoms with Crippen LogP contribution in [-0.4, -0.2) is 27.8 Å². The number of hydrogen-bond donors (Lipinski definition) is 2. The van der Waals surface area contributed by atoms with Gasteiger partial charge in [-0.25, -0.2) is 0 Å². The molecule has 6 nitrogen and oxygen atoms in total. The first-order valence-electron chi connectivity index (χ1n) is 2.95. The first kappa shape index (κ1) is 22.7. The molecule has 13 heteroatoms. The molecule has 0 aromatic rings. The Morgan fingerprint density at radius 2 is 0.824 bits per heavy atom. The van der Waals surface area contributed by atoms with Gasteiger partial charge in [-0.3, -0.25) is 9.59 Å². The van der Waals surface area contributed by atoms with Crippen molar-refractivity contribution in [3.63, 3.8) is 0 Å². The van der Waals surface area contributed by atoms with Gasteiger partial charge in [-0.2, -0.15) is 8.42 Å². The molecule has 0 aliphatic carbocycles. The van der Waals surface area contributed by atoms with Gasteiger partial charge in [0.05, 0.1) is 0 Å². The third-order valence-corrected chi connectivity index (χ3v) is 1.68. The summed E-state index contributed by atoms with van der Waals surface area (Å²) in [6.07, 6.45) is 0. The summed E-state index contributed by atoms with van der Waals surface area (Å²) in [7, 11) is 0. The fourth-order valence-corrected chi connectivity index (χ4v) is 0. The molecule has 102 valence electrons. The SMILES string of the molecule is NC(=O)C(Cl)(Cl)Cl.NC(=O)C(Cl)(Cl)Cl.O=S=O. The van der Waals surface area contributed by atoms with E-state index >= 15 is 0 Å². The van der Waals surface area contributed by atoms with E-state index in [9.17, 15) is 9.59 Å². The summed E-state index contributed by atoms with van der Waals surface area (Å²) in [6, 6.07) is 0. The molecule has 0 spiro atoms. The zero-order chi connectivity index (χ0) is 14.9. The second kappa shape index (κ2) is 10.4. The van der Waals surface area contributed by atoms with Gasteiger partial charge in [-0.15, -0.1) is 0 Å². The Balaban J connectivity index is -0.000000188. The van der Waals surface area contributed by atoms with Gasteiger partial charge in [0.1, 0.15) is 0 Å². The predicted octanol–water partition coefficient (Wildman–Crippen LogP) is 1.01. The number of nitrogens with two attached hydrogens (primary N) is 2. The standard InChI is InChI=1S/2C2H2Cl3NO.O2S/c2*3-2(4,5)1(6)7;1-3-2/h2*(H2,6,7);. The summed E-state index contributed by atoms with van der Waals surface area (Å²) < 4.78 is 12.7. The van der Waals surface area contributed by atoms with Crippen LogP contribution in [0.15, 0.2) is 0 Å². The number of alkyl halides is 6. The average Bonchev–Trinajstić information content (AvgIpc) is 2.02. The van der Waals surface area contributed by atoms with E-state index in [-0.39, 0.29) is 0 Å². The second-order valence-electron chi connectivity index (χ2n) is 1.79. The summed E-state index contributed by atoms with van der Waals surface area (Å²) in [4.78, 5) is 19.7. The van der Waals surface area contributed by atoms with Crippen LogP contribution >= 0.6 is 69.6 Å². The maximum absolute atomic E-state index is 9.85. The highest BCUT2D eigenvalue weighted by molar-refractivity contribution is 7.51. The maximum atomic E-state index is 9.85. The largest absolute Gasteiger partial charge is 0.366 e. The van der Waals surface area contributed by atoms with E-state index in [1.54, 1.807) is 0 Å². The van der Waals surface area contributed by atoms with Gasteiger partial charge in [0.15, 0.2) is 0 Å². The van der Waals surface area contributed by atoms with Crippen molar-refractivity contribution in [1.29, 1.82) is 0 Å². The number of carbonyl (C=O) groups is 2. The lowest BCUT2D eigenvalue weighted by Crippen LogP contribution is -2.27. The third kappa shape index (κ3) is 22.2. The first-order chi connectivity index (χ1) is 7.30. The highest BCUT2D eigenvalue weighted by atomic mass is 35.6. The molecule has 0 fully saturated rings. The molecule has 0 radical (unpaired) electrons. The van der Waals surface area contributed by atoms with Gasteiger partial charge in [0.25, 0.3) is 19.4 Å². The van der Waals surface area contributed by atoms with Crippen LogP contribution in [0.4, 0.5) is 0 Å². The van der Waals surface area contributed by atoms with Gasteiger partial charge >= 0.3 is 11.6 Å². The molecular weight excluding hydrogens is 385 g/mol. The Morgan fingerprint density at radius 1 is 0.765 bits per heavy atom. The van der Waals surface area contributed by atoms with Crippen molar-refractivity contribution >= 4 is 93.0 Å². The van der Waals surface area contributed by atoms with E-state index in [0.717, 1.165) is 0 Å². The van der Waals surface area contributed by atoms with Crippen LogP contribution in [0.2, 0.25) is 0 Å². The Bertz CT molecular complexity index is 269. The van der Waals surface area contributed by atoms with Crippen molar-refractivity contribution < 1.29 is 18.0 Å². The summed E-state index contributed by atoms with van der Waals surface area (Å²) in [5.74, 6) is -1.92. The average molecular weight is 389 g/mol. The Hall–Kier alpha value is 0.500. The zero-order valence-corrected chi connectivity index (χ0v) is 12.8. The van der Waals surface area contributed by atoms with Gasteiger partial charge in [0, 0.05) is 0 Å². The van der Waals surface area contributed by atoms with E-state index in [1.165, 1.54) is 0 Å². The summed E-state index contributed by atoms with van der Waals surface area (Å²) >= 11 is 28.8. The van der Waals surface area contributed by atoms with E-state index in [2.05, 4.69) is 11.5 Å². The Labute approximate surface area is 129 Å². The number of rotatable bonds is 0. The van der Waals surface area contributed by atoms with Crippen LogP contribution in [0, 0.1) is 0 Å². The van der Waals surface area contributed by atoms with Crippen LogP contribution < -0.4 is 11.5 Å². The van der Waals surface area contributed by atoms with Crippen molar-refractivity contribution in [2.75, 3.05) is 0 Å². The maximum Gasteiger partial charge on any atom is 0.335 e. The smallest absolute Gasteiger partial charge is 0.335 e. The van der Waals surface area contributed by atoms with Crippen molar-refractivity contribution in [2.24, 2.45) is 11.5 Å². The Morgan fingerprint density at radius 3 is 0.824 bits per heavy atom. The zero-order valence-electron chi connectivity index (χ0n) is 7.46. The molecule has 4 N–H and O–H groups in total. The number of carbonyl (C=O) groups excluding carboxylic acids is 2. The molecule has 0 bridgehead atoms. The minimum absolute atomic E-state index is 0.750. The predicted molar refractivity (Wildman–Crippen MR) is 67.9 cm³/mol. The number of primary amides is 2. The second-order valence-corrected chi connectivity index (χ2v) is 6.49. The molecule has 0 saturated heterocycles. The Kier molecular flexibility index (Phi) is 13.9. The van der Waals surface area contributed by atoms with Crippen LogP contribution in [0.5, 0.6) is 0 Å². The molecule has 0 heterocycles. The van der Waals surface area contributed by atoms with Crippen LogP contribution in [-0.2, 0) is 21.2 Å². The normalized spacial score (nSPS) is 10.0. The first-order valence-corrected chi connectivity index (χ1v) is 5.89. The van der Waals surface area contributed by atoms with Crippen molar-refractivity contribution in [1.82, 2.24) is 0 Å². The van der Waals surface area contributed by atoms with Crippen molar-refractivity contribution in [3.05, 3.63) is 0 Å². The van der Waals surface area contributed by atoms with Gasteiger partial charge in [0.2, 0.25) is 0 Å². The van der Waals surface area contributed by atoms with E-state index in [0.29, 0.717) is 0 Å². The lowest BCUT2D eigenvalue weighted by atomic mass is 10.7. The molecular formula is C4H4Cl6N2O4S. The molecule has 0 aromatic carbocycles. The number of amides is 2. The minimum atomic E-state index is -1.94. The molecule has 17 heavy (non-hydrogen) atoms. The lowest BCUT2D eigenvalue weighted by molar-refractivity contribution is -0.118. The van der Waals surface area contributed by atoms with Crippen LogP contribution in [0.3, 0.4) is 0 Å². The highest BCUT2D eigenvalue weighted by Gasteiger charge is 2.27. The molecule has 0 aliphatic rings. The minimum Gasteiger partial charge on any atom is -0.366 e. The van der Waals surface area contributed by atoms with E-state index in [1.807, 2.05) is 0 Å².